The van der Waals surface area contributed by atoms with Crippen molar-refractivity contribution in [3.63, 3.8) is 0 Å². The van der Waals surface area contributed by atoms with Crippen LogP contribution >= 0.6 is 0 Å². The molecule has 2 N–H and O–H groups in total. The van der Waals surface area contributed by atoms with Gasteiger partial charge in [-0.25, -0.2) is 0 Å². The van der Waals surface area contributed by atoms with E-state index in [9.17, 15) is 13.5 Å². The van der Waals surface area contributed by atoms with Gasteiger partial charge in [-0.3, -0.25) is 0 Å². The van der Waals surface area contributed by atoms with Crippen LogP contribution < -0.4 is 9.50 Å². The molecule has 4 rings (SSSR count). The lowest BCUT2D eigenvalue weighted by molar-refractivity contribution is -0.000196. The maximum Gasteiger partial charge on any atom is 0.339 e. The van der Waals surface area contributed by atoms with Crippen LogP contribution in [0, 0.1) is 23.7 Å². The highest BCUT2D eigenvalue weighted by molar-refractivity contribution is 7.87. The SMILES string of the molecule is Cc1ccc(S(=O)(=O)Oc2ccccc2CN[C@@H]2[C@H]3CC[C@@](C)([C@@H]2O)C3(C)C)cc1. The van der Waals surface area contributed by atoms with Crippen LogP contribution in [0.15, 0.2) is 53.4 Å². The molecule has 0 heterocycles. The Morgan fingerprint density at radius 1 is 1.10 bits per heavy atom. The summed E-state index contributed by atoms with van der Waals surface area (Å²) in [5, 5.41) is 14.5. The zero-order valence-corrected chi connectivity index (χ0v) is 18.9. The van der Waals surface area contributed by atoms with Gasteiger partial charge in [0.15, 0.2) is 0 Å². The smallest absolute Gasteiger partial charge is 0.339 e. The monoisotopic (exact) mass is 429 g/mol. The molecule has 5 nitrogen and oxygen atoms in total. The Bertz CT molecular complexity index is 1030. The summed E-state index contributed by atoms with van der Waals surface area (Å²) in [6.07, 6.45) is 1.71. The van der Waals surface area contributed by atoms with Gasteiger partial charge in [-0.2, -0.15) is 8.42 Å². The number of fused-ring (bicyclic) bond motifs is 2. The van der Waals surface area contributed by atoms with Gasteiger partial charge < -0.3 is 14.6 Å². The van der Waals surface area contributed by atoms with E-state index in [1.165, 1.54) is 0 Å². The molecule has 0 unspecified atom stereocenters. The summed E-state index contributed by atoms with van der Waals surface area (Å²) in [7, 11) is -3.91. The van der Waals surface area contributed by atoms with E-state index in [1.54, 1.807) is 36.4 Å². The summed E-state index contributed by atoms with van der Waals surface area (Å²) in [6.45, 7) is 9.03. The molecule has 30 heavy (non-hydrogen) atoms. The van der Waals surface area contributed by atoms with E-state index in [1.807, 2.05) is 19.1 Å². The van der Waals surface area contributed by atoms with Crippen molar-refractivity contribution < 1.29 is 17.7 Å². The molecule has 2 aromatic rings. The highest BCUT2D eigenvalue weighted by Crippen LogP contribution is 2.65. The zero-order chi connectivity index (χ0) is 21.7. The third-order valence-corrected chi connectivity index (χ3v) is 9.06. The predicted octanol–water partition coefficient (Wildman–Crippen LogP) is 4.04. The second kappa shape index (κ2) is 7.36. The van der Waals surface area contributed by atoms with Gasteiger partial charge in [0.25, 0.3) is 0 Å². The Morgan fingerprint density at radius 3 is 2.40 bits per heavy atom. The fraction of sp³-hybridized carbons (Fsp3) is 0.500. The first-order chi connectivity index (χ1) is 14.1. The van der Waals surface area contributed by atoms with Crippen molar-refractivity contribution in [2.75, 3.05) is 0 Å². The molecule has 0 aromatic heterocycles. The van der Waals surface area contributed by atoms with Gasteiger partial charge in [0, 0.05) is 23.6 Å². The Morgan fingerprint density at radius 2 is 1.77 bits per heavy atom. The number of aryl methyl sites for hydroxylation is 1. The lowest BCUT2D eigenvalue weighted by atomic mass is 9.70. The quantitative estimate of drug-likeness (QED) is 0.678. The number of nitrogens with one attached hydrogen (secondary N) is 1. The van der Waals surface area contributed by atoms with Crippen LogP contribution in [0.3, 0.4) is 0 Å². The Balaban J connectivity index is 1.52. The van der Waals surface area contributed by atoms with E-state index >= 15 is 0 Å². The number of aliphatic hydroxyl groups is 1. The third-order valence-electron chi connectivity index (χ3n) is 7.81. The number of rotatable bonds is 6. The predicted molar refractivity (Wildman–Crippen MR) is 117 cm³/mol. The van der Waals surface area contributed by atoms with Gasteiger partial charge in [0.1, 0.15) is 10.6 Å². The molecule has 0 amide bonds. The van der Waals surface area contributed by atoms with Gasteiger partial charge in [-0.1, -0.05) is 56.7 Å². The van der Waals surface area contributed by atoms with Gasteiger partial charge >= 0.3 is 10.1 Å². The lowest BCUT2D eigenvalue weighted by Crippen LogP contribution is -2.46. The van der Waals surface area contributed by atoms with Crippen molar-refractivity contribution in [2.24, 2.45) is 16.7 Å². The van der Waals surface area contributed by atoms with Crippen LogP contribution in [0.4, 0.5) is 0 Å². The second-order valence-electron chi connectivity index (χ2n) is 9.59. The number of hydrogen-bond donors (Lipinski definition) is 2. The number of benzene rings is 2. The van der Waals surface area contributed by atoms with Crippen molar-refractivity contribution in [1.82, 2.24) is 5.32 Å². The molecule has 162 valence electrons. The van der Waals surface area contributed by atoms with Gasteiger partial charge in [-0.05, 0) is 49.3 Å². The van der Waals surface area contributed by atoms with Crippen molar-refractivity contribution in [3.8, 4) is 5.75 Å². The Hall–Kier alpha value is -1.89. The van der Waals surface area contributed by atoms with Gasteiger partial charge in [0.05, 0.1) is 6.10 Å². The molecule has 0 spiro atoms. The topological polar surface area (TPSA) is 75.6 Å². The number of hydrogen-bond acceptors (Lipinski definition) is 5. The summed E-state index contributed by atoms with van der Waals surface area (Å²) in [4.78, 5) is 0.133. The fourth-order valence-corrected chi connectivity index (χ4v) is 6.38. The molecule has 0 radical (unpaired) electrons. The van der Waals surface area contributed by atoms with Crippen molar-refractivity contribution in [3.05, 3.63) is 59.7 Å². The molecule has 0 aliphatic heterocycles. The highest BCUT2D eigenvalue weighted by Gasteiger charge is 2.65. The van der Waals surface area contributed by atoms with Crippen LogP contribution in [-0.4, -0.2) is 25.7 Å². The van der Waals surface area contributed by atoms with E-state index in [-0.39, 0.29) is 21.8 Å². The number of para-hydroxylation sites is 1. The summed E-state index contributed by atoms with van der Waals surface area (Å²) < 4.78 is 30.9. The lowest BCUT2D eigenvalue weighted by Gasteiger charge is -2.37. The summed E-state index contributed by atoms with van der Waals surface area (Å²) >= 11 is 0. The first kappa shape index (κ1) is 21.3. The average molecular weight is 430 g/mol. The molecule has 2 aliphatic carbocycles. The normalized spacial score (nSPS) is 29.8. The summed E-state index contributed by atoms with van der Waals surface area (Å²) in [5.41, 5.74) is 1.71. The maximum atomic E-state index is 12.7. The van der Waals surface area contributed by atoms with Crippen LogP contribution in [-0.2, 0) is 16.7 Å². The molecule has 2 fully saturated rings. The van der Waals surface area contributed by atoms with Crippen molar-refractivity contribution in [2.45, 2.75) is 64.1 Å². The molecule has 6 heteroatoms. The van der Waals surface area contributed by atoms with E-state index < -0.39 is 16.2 Å². The minimum absolute atomic E-state index is 0.0134. The van der Waals surface area contributed by atoms with E-state index in [2.05, 4.69) is 26.1 Å². The van der Waals surface area contributed by atoms with Crippen LogP contribution in [0.5, 0.6) is 5.75 Å². The fourth-order valence-electron chi connectivity index (χ4n) is 5.42. The Labute approximate surface area is 179 Å². The van der Waals surface area contributed by atoms with Gasteiger partial charge in [0.2, 0.25) is 0 Å². The van der Waals surface area contributed by atoms with E-state index in [4.69, 9.17) is 4.18 Å². The van der Waals surface area contributed by atoms with Crippen molar-refractivity contribution >= 4 is 10.1 Å². The first-order valence-corrected chi connectivity index (χ1v) is 12.0. The standard InChI is InChI=1S/C24H31NO4S/c1-16-9-11-18(12-10-16)30(27,28)29-20-8-6-5-7-17(20)15-25-21-19-13-14-24(4,22(21)26)23(19,2)3/h5-12,19,21-22,25-26H,13-15H2,1-4H3/t19-,21-,22-,24+/m1/s1. The zero-order valence-electron chi connectivity index (χ0n) is 18.1. The molecular formula is C24H31NO4S. The summed E-state index contributed by atoms with van der Waals surface area (Å²) in [6, 6.07) is 13.8. The minimum Gasteiger partial charge on any atom is -0.391 e. The van der Waals surface area contributed by atoms with Crippen LogP contribution in [0.2, 0.25) is 0 Å². The minimum atomic E-state index is -3.91. The second-order valence-corrected chi connectivity index (χ2v) is 11.1. The summed E-state index contributed by atoms with van der Waals surface area (Å²) in [5.74, 6) is 0.704. The van der Waals surface area contributed by atoms with Gasteiger partial charge in [-0.15, -0.1) is 0 Å². The average Bonchev–Trinajstić information content (AvgIpc) is 3.00. The first-order valence-electron chi connectivity index (χ1n) is 10.6. The Kier molecular flexibility index (Phi) is 5.24. The molecule has 0 saturated heterocycles. The largest absolute Gasteiger partial charge is 0.391 e. The van der Waals surface area contributed by atoms with Crippen molar-refractivity contribution in [1.29, 1.82) is 0 Å². The molecule has 4 atom stereocenters. The maximum absolute atomic E-state index is 12.7. The molecular weight excluding hydrogens is 398 g/mol. The molecule has 2 bridgehead atoms. The molecule has 2 aliphatic rings. The van der Waals surface area contributed by atoms with E-state index in [0.717, 1.165) is 24.0 Å². The molecule has 2 aromatic carbocycles. The third kappa shape index (κ3) is 3.35. The van der Waals surface area contributed by atoms with Crippen LogP contribution in [0.25, 0.3) is 0 Å². The molecule has 2 saturated carbocycles. The number of aliphatic hydroxyl groups excluding tert-OH is 1. The highest BCUT2D eigenvalue weighted by atomic mass is 32.2. The van der Waals surface area contributed by atoms with E-state index in [0.29, 0.717) is 18.2 Å². The van der Waals surface area contributed by atoms with Crippen LogP contribution in [0.1, 0.15) is 44.7 Å².